The van der Waals surface area contributed by atoms with Crippen LogP contribution in [0.4, 0.5) is 0 Å². The lowest BCUT2D eigenvalue weighted by Gasteiger charge is -2.32. The summed E-state index contributed by atoms with van der Waals surface area (Å²) in [5.41, 5.74) is 2.37. The molecule has 2 rings (SSSR count). The molecule has 1 atom stereocenters. The molecule has 0 aliphatic carbocycles. The number of hydrogen-bond donors (Lipinski definition) is 1. The SMILES string of the molecule is CNC1CCCN(C(=O)CCOc2cccc(C)c2C)C1. The third-order valence-electron chi connectivity index (χ3n) is 4.31. The van der Waals surface area contributed by atoms with E-state index in [4.69, 9.17) is 4.74 Å². The Morgan fingerprint density at radius 3 is 3.00 bits per heavy atom. The first-order chi connectivity index (χ1) is 10.1. The van der Waals surface area contributed by atoms with Gasteiger partial charge in [0.1, 0.15) is 5.75 Å². The third-order valence-corrected chi connectivity index (χ3v) is 4.31. The number of benzene rings is 1. The second-order valence-corrected chi connectivity index (χ2v) is 5.76. The largest absolute Gasteiger partial charge is 0.493 e. The first-order valence-corrected chi connectivity index (χ1v) is 7.76. The molecule has 1 heterocycles. The van der Waals surface area contributed by atoms with Gasteiger partial charge in [-0.15, -0.1) is 0 Å². The number of likely N-dealkylation sites (tertiary alicyclic amines) is 1. The monoisotopic (exact) mass is 290 g/mol. The lowest BCUT2D eigenvalue weighted by atomic mass is 10.1. The van der Waals surface area contributed by atoms with Crippen molar-refractivity contribution in [1.82, 2.24) is 10.2 Å². The van der Waals surface area contributed by atoms with Crippen LogP contribution in [0.2, 0.25) is 0 Å². The minimum absolute atomic E-state index is 0.195. The number of likely N-dealkylation sites (N-methyl/N-ethyl adjacent to an activating group) is 1. The number of aryl methyl sites for hydroxylation is 1. The number of carbonyl (C=O) groups is 1. The van der Waals surface area contributed by atoms with Crippen LogP contribution in [0.1, 0.15) is 30.4 Å². The van der Waals surface area contributed by atoms with Crippen molar-refractivity contribution >= 4 is 5.91 Å². The summed E-state index contributed by atoms with van der Waals surface area (Å²) >= 11 is 0. The Balaban J connectivity index is 1.80. The molecule has 1 saturated heterocycles. The van der Waals surface area contributed by atoms with E-state index in [1.165, 1.54) is 5.56 Å². The van der Waals surface area contributed by atoms with Crippen LogP contribution in [0, 0.1) is 13.8 Å². The number of nitrogens with zero attached hydrogens (tertiary/aromatic N) is 1. The van der Waals surface area contributed by atoms with E-state index in [1.54, 1.807) is 0 Å². The number of amides is 1. The molecule has 1 aliphatic rings. The summed E-state index contributed by atoms with van der Waals surface area (Å²) in [4.78, 5) is 14.2. The number of piperidine rings is 1. The first-order valence-electron chi connectivity index (χ1n) is 7.76. The molecule has 0 radical (unpaired) electrons. The fraction of sp³-hybridized carbons (Fsp3) is 0.588. The molecule has 4 nitrogen and oxygen atoms in total. The van der Waals surface area contributed by atoms with Gasteiger partial charge in [0.05, 0.1) is 13.0 Å². The maximum absolute atomic E-state index is 12.2. The van der Waals surface area contributed by atoms with Crippen LogP contribution in [0.5, 0.6) is 5.75 Å². The van der Waals surface area contributed by atoms with Gasteiger partial charge in [-0.3, -0.25) is 4.79 Å². The van der Waals surface area contributed by atoms with Crippen LogP contribution in [-0.4, -0.2) is 43.6 Å². The molecule has 1 amide bonds. The highest BCUT2D eigenvalue weighted by molar-refractivity contribution is 5.76. The molecule has 0 aromatic heterocycles. The van der Waals surface area contributed by atoms with Gasteiger partial charge in [0.2, 0.25) is 5.91 Å². The highest BCUT2D eigenvalue weighted by Crippen LogP contribution is 2.20. The van der Waals surface area contributed by atoms with E-state index in [1.807, 2.05) is 24.1 Å². The summed E-state index contributed by atoms with van der Waals surface area (Å²) in [5, 5.41) is 3.26. The summed E-state index contributed by atoms with van der Waals surface area (Å²) in [7, 11) is 1.96. The summed E-state index contributed by atoms with van der Waals surface area (Å²) < 4.78 is 5.77. The zero-order valence-electron chi connectivity index (χ0n) is 13.3. The van der Waals surface area contributed by atoms with Gasteiger partial charge in [-0.2, -0.15) is 0 Å². The Morgan fingerprint density at radius 1 is 1.43 bits per heavy atom. The van der Waals surface area contributed by atoms with Gasteiger partial charge in [-0.25, -0.2) is 0 Å². The highest BCUT2D eigenvalue weighted by atomic mass is 16.5. The number of ether oxygens (including phenoxy) is 1. The second kappa shape index (κ2) is 7.46. The lowest BCUT2D eigenvalue weighted by Crippen LogP contribution is -2.47. The normalized spacial score (nSPS) is 18.6. The molecule has 1 unspecified atom stereocenters. The average Bonchev–Trinajstić information content (AvgIpc) is 2.51. The molecule has 1 N–H and O–H groups in total. The van der Waals surface area contributed by atoms with Crippen molar-refractivity contribution in [2.75, 3.05) is 26.7 Å². The number of hydrogen-bond acceptors (Lipinski definition) is 3. The zero-order chi connectivity index (χ0) is 15.2. The summed E-state index contributed by atoms with van der Waals surface area (Å²) in [6.45, 7) is 6.26. The van der Waals surface area contributed by atoms with Crippen molar-refractivity contribution in [2.24, 2.45) is 0 Å². The van der Waals surface area contributed by atoms with E-state index < -0.39 is 0 Å². The van der Waals surface area contributed by atoms with Crippen molar-refractivity contribution in [3.05, 3.63) is 29.3 Å². The molecule has 4 heteroatoms. The Labute approximate surface area is 127 Å². The Kier molecular flexibility index (Phi) is 5.62. The van der Waals surface area contributed by atoms with Gasteiger partial charge in [-0.1, -0.05) is 12.1 Å². The van der Waals surface area contributed by atoms with Gasteiger partial charge in [0.15, 0.2) is 0 Å². The summed E-state index contributed by atoms with van der Waals surface area (Å²) in [6, 6.07) is 6.45. The standard InChI is InChI=1S/C17H26N2O2/c1-13-6-4-8-16(14(13)2)21-11-9-17(20)19-10-5-7-15(12-19)18-3/h4,6,8,15,18H,5,7,9-12H2,1-3H3. The quantitative estimate of drug-likeness (QED) is 0.904. The fourth-order valence-electron chi connectivity index (χ4n) is 2.73. The van der Waals surface area contributed by atoms with Crippen molar-refractivity contribution in [2.45, 2.75) is 39.2 Å². The van der Waals surface area contributed by atoms with Gasteiger partial charge in [-0.05, 0) is 50.9 Å². The molecule has 1 fully saturated rings. The first kappa shape index (κ1) is 15.8. The molecule has 21 heavy (non-hydrogen) atoms. The molecular formula is C17H26N2O2. The smallest absolute Gasteiger partial charge is 0.226 e. The van der Waals surface area contributed by atoms with Crippen molar-refractivity contribution in [3.8, 4) is 5.75 Å². The van der Waals surface area contributed by atoms with Crippen LogP contribution in [-0.2, 0) is 4.79 Å². The highest BCUT2D eigenvalue weighted by Gasteiger charge is 2.22. The van der Waals surface area contributed by atoms with Crippen LogP contribution in [0.25, 0.3) is 0 Å². The van der Waals surface area contributed by atoms with Crippen molar-refractivity contribution in [1.29, 1.82) is 0 Å². The van der Waals surface area contributed by atoms with Gasteiger partial charge < -0.3 is 15.0 Å². The Bertz CT molecular complexity index is 488. The van der Waals surface area contributed by atoms with E-state index in [0.717, 1.165) is 37.2 Å². The van der Waals surface area contributed by atoms with E-state index in [2.05, 4.69) is 25.2 Å². The van der Waals surface area contributed by atoms with Crippen LogP contribution in [0.15, 0.2) is 18.2 Å². The van der Waals surface area contributed by atoms with Crippen LogP contribution < -0.4 is 10.1 Å². The average molecular weight is 290 g/mol. The van der Waals surface area contributed by atoms with Gasteiger partial charge in [0, 0.05) is 19.1 Å². The molecular weight excluding hydrogens is 264 g/mol. The third kappa shape index (κ3) is 4.21. The predicted octanol–water partition coefficient (Wildman–Crippen LogP) is 2.28. The molecule has 0 saturated carbocycles. The predicted molar refractivity (Wildman–Crippen MR) is 84.7 cm³/mol. The maximum Gasteiger partial charge on any atom is 0.226 e. The molecule has 0 bridgehead atoms. The topological polar surface area (TPSA) is 41.6 Å². The minimum Gasteiger partial charge on any atom is -0.493 e. The van der Waals surface area contributed by atoms with E-state index >= 15 is 0 Å². The zero-order valence-corrected chi connectivity index (χ0v) is 13.3. The number of carbonyl (C=O) groups excluding carboxylic acids is 1. The number of rotatable bonds is 5. The van der Waals surface area contributed by atoms with Gasteiger partial charge >= 0.3 is 0 Å². The second-order valence-electron chi connectivity index (χ2n) is 5.76. The molecule has 1 aromatic carbocycles. The summed E-state index contributed by atoms with van der Waals surface area (Å²) in [6.07, 6.45) is 2.68. The number of nitrogens with one attached hydrogen (secondary N) is 1. The van der Waals surface area contributed by atoms with Crippen LogP contribution >= 0.6 is 0 Å². The van der Waals surface area contributed by atoms with E-state index in [0.29, 0.717) is 19.1 Å². The van der Waals surface area contributed by atoms with E-state index in [-0.39, 0.29) is 5.91 Å². The van der Waals surface area contributed by atoms with Crippen molar-refractivity contribution in [3.63, 3.8) is 0 Å². The molecule has 116 valence electrons. The molecule has 0 spiro atoms. The van der Waals surface area contributed by atoms with Gasteiger partial charge in [0.25, 0.3) is 0 Å². The minimum atomic E-state index is 0.195. The molecule has 1 aliphatic heterocycles. The van der Waals surface area contributed by atoms with E-state index in [9.17, 15) is 4.79 Å². The van der Waals surface area contributed by atoms with Crippen molar-refractivity contribution < 1.29 is 9.53 Å². The summed E-state index contributed by atoms with van der Waals surface area (Å²) in [5.74, 6) is 1.08. The van der Waals surface area contributed by atoms with Crippen LogP contribution in [0.3, 0.4) is 0 Å². The molecule has 1 aromatic rings. The fourth-order valence-corrected chi connectivity index (χ4v) is 2.73. The Morgan fingerprint density at radius 2 is 2.24 bits per heavy atom. The Hall–Kier alpha value is -1.55. The maximum atomic E-state index is 12.2. The lowest BCUT2D eigenvalue weighted by molar-refractivity contribution is -0.133.